The Kier molecular flexibility index (Phi) is 2.58. The summed E-state index contributed by atoms with van der Waals surface area (Å²) in [6.07, 6.45) is 3.32. The third-order valence-electron chi connectivity index (χ3n) is 2.10. The standard InChI is InChI=1S/C11H9FN2O/c12-10-3-1-8(2-4-10)5-9-6-13-7-14-11(9)15/h1-4,6-7H,5H2,(H,13,14,15). The minimum atomic E-state index is -0.279. The summed E-state index contributed by atoms with van der Waals surface area (Å²) >= 11 is 0. The van der Waals surface area contributed by atoms with E-state index in [1.54, 1.807) is 12.1 Å². The second-order valence-electron chi connectivity index (χ2n) is 3.21. The summed E-state index contributed by atoms with van der Waals surface area (Å²) in [7, 11) is 0. The van der Waals surface area contributed by atoms with Crippen molar-refractivity contribution in [2.75, 3.05) is 0 Å². The zero-order valence-electron chi connectivity index (χ0n) is 7.90. The van der Waals surface area contributed by atoms with E-state index < -0.39 is 0 Å². The van der Waals surface area contributed by atoms with Crippen LogP contribution in [-0.2, 0) is 6.42 Å². The van der Waals surface area contributed by atoms with Crippen molar-refractivity contribution in [2.24, 2.45) is 0 Å². The van der Waals surface area contributed by atoms with Crippen LogP contribution in [0.15, 0.2) is 41.6 Å². The number of aromatic amines is 1. The van der Waals surface area contributed by atoms with Crippen molar-refractivity contribution in [1.29, 1.82) is 0 Å². The fourth-order valence-corrected chi connectivity index (χ4v) is 1.32. The van der Waals surface area contributed by atoms with Gasteiger partial charge >= 0.3 is 0 Å². The minimum Gasteiger partial charge on any atom is -0.313 e. The largest absolute Gasteiger partial charge is 0.313 e. The van der Waals surface area contributed by atoms with E-state index >= 15 is 0 Å². The minimum absolute atomic E-state index is 0.158. The molecule has 0 radical (unpaired) electrons. The van der Waals surface area contributed by atoms with E-state index in [4.69, 9.17) is 0 Å². The maximum absolute atomic E-state index is 12.6. The van der Waals surface area contributed by atoms with Crippen molar-refractivity contribution in [3.63, 3.8) is 0 Å². The Morgan fingerprint density at radius 3 is 2.67 bits per heavy atom. The number of nitrogens with zero attached hydrogens (tertiary/aromatic N) is 1. The van der Waals surface area contributed by atoms with Crippen LogP contribution in [0, 0.1) is 5.82 Å². The molecule has 15 heavy (non-hydrogen) atoms. The molecule has 0 atom stereocenters. The van der Waals surface area contributed by atoms with Crippen molar-refractivity contribution in [3.8, 4) is 0 Å². The second kappa shape index (κ2) is 4.04. The van der Waals surface area contributed by atoms with Gasteiger partial charge in [0.1, 0.15) is 5.82 Å². The van der Waals surface area contributed by atoms with Crippen LogP contribution in [0.25, 0.3) is 0 Å². The van der Waals surface area contributed by atoms with E-state index in [-0.39, 0.29) is 11.4 Å². The number of H-pyrrole nitrogens is 1. The molecule has 2 rings (SSSR count). The van der Waals surface area contributed by atoms with Crippen LogP contribution < -0.4 is 5.56 Å². The highest BCUT2D eigenvalue weighted by Crippen LogP contribution is 2.06. The Morgan fingerprint density at radius 2 is 2.00 bits per heavy atom. The highest BCUT2D eigenvalue weighted by Gasteiger charge is 2.00. The zero-order chi connectivity index (χ0) is 10.7. The lowest BCUT2D eigenvalue weighted by atomic mass is 10.1. The molecule has 1 aromatic heterocycles. The van der Waals surface area contributed by atoms with E-state index in [0.29, 0.717) is 12.0 Å². The van der Waals surface area contributed by atoms with Crippen LogP contribution in [0.3, 0.4) is 0 Å². The Balaban J connectivity index is 2.26. The van der Waals surface area contributed by atoms with Crippen molar-refractivity contribution >= 4 is 0 Å². The summed E-state index contributed by atoms with van der Waals surface area (Å²) in [5, 5.41) is 0. The maximum atomic E-state index is 12.6. The third-order valence-corrected chi connectivity index (χ3v) is 2.10. The van der Waals surface area contributed by atoms with Crippen molar-refractivity contribution < 1.29 is 4.39 Å². The quantitative estimate of drug-likeness (QED) is 0.805. The van der Waals surface area contributed by atoms with E-state index in [0.717, 1.165) is 5.56 Å². The van der Waals surface area contributed by atoms with Gasteiger partial charge in [-0.25, -0.2) is 9.37 Å². The molecule has 1 heterocycles. The monoisotopic (exact) mass is 204 g/mol. The molecule has 0 aliphatic rings. The van der Waals surface area contributed by atoms with Crippen molar-refractivity contribution in [3.05, 3.63) is 64.1 Å². The predicted molar refractivity (Wildman–Crippen MR) is 54.1 cm³/mol. The van der Waals surface area contributed by atoms with Gasteiger partial charge in [0.15, 0.2) is 0 Å². The first-order valence-electron chi connectivity index (χ1n) is 4.52. The molecule has 0 saturated carbocycles. The SMILES string of the molecule is O=c1[nH]cncc1Cc1ccc(F)cc1. The van der Waals surface area contributed by atoms with Gasteiger partial charge in [0.2, 0.25) is 0 Å². The number of nitrogens with one attached hydrogen (secondary N) is 1. The van der Waals surface area contributed by atoms with Crippen LogP contribution in [0.4, 0.5) is 4.39 Å². The van der Waals surface area contributed by atoms with E-state index in [1.807, 2.05) is 0 Å². The molecule has 1 aromatic carbocycles. The third kappa shape index (κ3) is 2.28. The molecule has 0 aliphatic heterocycles. The average molecular weight is 204 g/mol. The molecule has 0 spiro atoms. The second-order valence-corrected chi connectivity index (χ2v) is 3.21. The number of benzene rings is 1. The fraction of sp³-hybridized carbons (Fsp3) is 0.0909. The molecular weight excluding hydrogens is 195 g/mol. The smallest absolute Gasteiger partial charge is 0.254 e. The van der Waals surface area contributed by atoms with Crippen molar-refractivity contribution in [1.82, 2.24) is 9.97 Å². The van der Waals surface area contributed by atoms with Crippen LogP contribution in [0.2, 0.25) is 0 Å². The fourth-order valence-electron chi connectivity index (χ4n) is 1.32. The van der Waals surface area contributed by atoms with Gasteiger partial charge in [-0.15, -0.1) is 0 Å². The van der Waals surface area contributed by atoms with Crippen LogP contribution >= 0.6 is 0 Å². The summed E-state index contributed by atoms with van der Waals surface area (Å²) < 4.78 is 12.6. The molecule has 0 amide bonds. The van der Waals surface area contributed by atoms with Gasteiger partial charge in [0.25, 0.3) is 5.56 Å². The Hall–Kier alpha value is -1.97. The Labute approximate surface area is 85.6 Å². The summed E-state index contributed by atoms with van der Waals surface area (Å²) in [5.41, 5.74) is 1.30. The van der Waals surface area contributed by atoms with Gasteiger partial charge in [-0.3, -0.25) is 4.79 Å². The zero-order valence-corrected chi connectivity index (χ0v) is 7.90. The van der Waals surface area contributed by atoms with Gasteiger partial charge in [-0.05, 0) is 17.7 Å². The maximum Gasteiger partial charge on any atom is 0.254 e. The van der Waals surface area contributed by atoms with Crippen LogP contribution in [0.1, 0.15) is 11.1 Å². The normalized spacial score (nSPS) is 10.2. The summed E-state index contributed by atoms with van der Waals surface area (Å²) in [6.45, 7) is 0. The molecule has 0 unspecified atom stereocenters. The predicted octanol–water partition coefficient (Wildman–Crippen LogP) is 1.50. The number of rotatable bonds is 2. The van der Waals surface area contributed by atoms with Crippen LogP contribution in [-0.4, -0.2) is 9.97 Å². The average Bonchev–Trinajstić information content (AvgIpc) is 2.25. The summed E-state index contributed by atoms with van der Waals surface area (Å²) in [5.74, 6) is -0.279. The number of halogens is 1. The molecule has 4 heteroatoms. The first-order chi connectivity index (χ1) is 7.25. The highest BCUT2D eigenvalue weighted by molar-refractivity contribution is 5.22. The van der Waals surface area contributed by atoms with Gasteiger partial charge < -0.3 is 4.98 Å². The number of aromatic nitrogens is 2. The molecule has 2 aromatic rings. The van der Waals surface area contributed by atoms with E-state index in [1.165, 1.54) is 24.7 Å². The first-order valence-corrected chi connectivity index (χ1v) is 4.52. The molecule has 0 fully saturated rings. The molecule has 0 aliphatic carbocycles. The molecular formula is C11H9FN2O. The van der Waals surface area contributed by atoms with Crippen molar-refractivity contribution in [2.45, 2.75) is 6.42 Å². The van der Waals surface area contributed by atoms with Gasteiger partial charge in [-0.1, -0.05) is 12.1 Å². The summed E-state index contributed by atoms with van der Waals surface area (Å²) in [4.78, 5) is 17.6. The Morgan fingerprint density at radius 1 is 1.27 bits per heavy atom. The molecule has 0 saturated heterocycles. The number of hydrogen-bond donors (Lipinski definition) is 1. The molecule has 1 N–H and O–H groups in total. The van der Waals surface area contributed by atoms with Gasteiger partial charge in [0.05, 0.1) is 6.33 Å². The lowest BCUT2D eigenvalue weighted by Crippen LogP contribution is -2.12. The van der Waals surface area contributed by atoms with E-state index in [2.05, 4.69) is 9.97 Å². The number of hydrogen-bond acceptors (Lipinski definition) is 2. The molecule has 76 valence electrons. The lowest BCUT2D eigenvalue weighted by Gasteiger charge is -1.99. The first kappa shape index (κ1) is 9.58. The van der Waals surface area contributed by atoms with E-state index in [9.17, 15) is 9.18 Å². The van der Waals surface area contributed by atoms with Gasteiger partial charge in [-0.2, -0.15) is 0 Å². The van der Waals surface area contributed by atoms with Gasteiger partial charge in [0, 0.05) is 18.2 Å². The molecule has 3 nitrogen and oxygen atoms in total. The topological polar surface area (TPSA) is 45.8 Å². The lowest BCUT2D eigenvalue weighted by molar-refractivity contribution is 0.627. The van der Waals surface area contributed by atoms with Crippen LogP contribution in [0.5, 0.6) is 0 Å². The summed E-state index contributed by atoms with van der Waals surface area (Å²) in [6, 6.07) is 6.06. The highest BCUT2D eigenvalue weighted by atomic mass is 19.1. The molecule has 0 bridgehead atoms. The Bertz CT molecular complexity index is 504.